The standard InChI is InChI=1S/C12H19O2Se/c1-13-11-6-5-10(7-8-15(3)4)9-12(11)14-2/h5-6,9H,7-8H2,1-4H3/q+1. The summed E-state index contributed by atoms with van der Waals surface area (Å²) in [5.41, 5.74) is 1.34. The van der Waals surface area contributed by atoms with Crippen molar-refractivity contribution in [2.45, 2.75) is 23.4 Å². The SMILES string of the molecule is COc1ccc(CC[Se+](C)C)cc1OC. The van der Waals surface area contributed by atoms with Crippen LogP contribution in [-0.2, 0) is 6.42 Å². The van der Waals surface area contributed by atoms with E-state index in [4.69, 9.17) is 9.47 Å². The van der Waals surface area contributed by atoms with E-state index in [1.54, 1.807) is 14.2 Å². The van der Waals surface area contributed by atoms with Crippen LogP contribution >= 0.6 is 0 Å². The van der Waals surface area contributed by atoms with Crippen molar-refractivity contribution in [3.8, 4) is 11.5 Å². The molecule has 0 saturated heterocycles. The van der Waals surface area contributed by atoms with Crippen molar-refractivity contribution in [2.75, 3.05) is 14.2 Å². The van der Waals surface area contributed by atoms with Crippen molar-refractivity contribution < 1.29 is 9.47 Å². The summed E-state index contributed by atoms with van der Waals surface area (Å²) >= 11 is -0.337. The maximum absolute atomic E-state index is 5.27. The van der Waals surface area contributed by atoms with E-state index in [-0.39, 0.29) is 13.9 Å². The van der Waals surface area contributed by atoms with Crippen molar-refractivity contribution >= 4 is 13.9 Å². The molecule has 3 heteroatoms. The molecule has 1 aromatic rings. The van der Waals surface area contributed by atoms with Crippen LogP contribution < -0.4 is 9.47 Å². The molecule has 0 aliphatic carbocycles. The Morgan fingerprint density at radius 1 is 1.07 bits per heavy atom. The number of hydrogen-bond acceptors (Lipinski definition) is 2. The van der Waals surface area contributed by atoms with E-state index in [9.17, 15) is 0 Å². The third-order valence-corrected chi connectivity index (χ3v) is 4.39. The first kappa shape index (κ1) is 12.4. The van der Waals surface area contributed by atoms with E-state index in [1.807, 2.05) is 6.07 Å². The molecule has 1 rings (SSSR count). The van der Waals surface area contributed by atoms with E-state index in [0.717, 1.165) is 17.9 Å². The van der Waals surface area contributed by atoms with Crippen molar-refractivity contribution in [3.63, 3.8) is 0 Å². The van der Waals surface area contributed by atoms with Gasteiger partial charge in [0.2, 0.25) is 0 Å². The molecule has 0 saturated carbocycles. The van der Waals surface area contributed by atoms with Crippen molar-refractivity contribution in [2.24, 2.45) is 0 Å². The summed E-state index contributed by atoms with van der Waals surface area (Å²) in [6.07, 6.45) is 1.15. The van der Waals surface area contributed by atoms with Crippen LogP contribution in [0.4, 0.5) is 0 Å². The van der Waals surface area contributed by atoms with Gasteiger partial charge in [-0.25, -0.2) is 0 Å². The number of hydrogen-bond donors (Lipinski definition) is 0. The van der Waals surface area contributed by atoms with Gasteiger partial charge in [-0.1, -0.05) is 0 Å². The first-order valence-corrected chi connectivity index (χ1v) is 9.56. The van der Waals surface area contributed by atoms with Gasteiger partial charge in [0.25, 0.3) is 0 Å². The fourth-order valence-electron chi connectivity index (χ4n) is 1.36. The summed E-state index contributed by atoms with van der Waals surface area (Å²) < 4.78 is 10.5. The summed E-state index contributed by atoms with van der Waals surface area (Å²) in [6.45, 7) is 0. The Kier molecular flexibility index (Phi) is 5.00. The first-order chi connectivity index (χ1) is 7.17. The van der Waals surface area contributed by atoms with Crippen LogP contribution in [0.15, 0.2) is 18.2 Å². The van der Waals surface area contributed by atoms with Gasteiger partial charge in [0.05, 0.1) is 0 Å². The van der Waals surface area contributed by atoms with Crippen LogP contribution in [0.5, 0.6) is 11.5 Å². The van der Waals surface area contributed by atoms with Crippen molar-refractivity contribution in [1.82, 2.24) is 0 Å². The van der Waals surface area contributed by atoms with Crippen LogP contribution in [0.25, 0.3) is 0 Å². The zero-order valence-corrected chi connectivity index (χ0v) is 11.6. The van der Waals surface area contributed by atoms with Gasteiger partial charge in [0.1, 0.15) is 0 Å². The van der Waals surface area contributed by atoms with E-state index in [1.165, 1.54) is 10.9 Å². The summed E-state index contributed by atoms with van der Waals surface area (Å²) in [7, 11) is 3.34. The molecule has 2 nitrogen and oxygen atoms in total. The Bertz CT molecular complexity index is 310. The minimum absolute atomic E-state index is 0.337. The normalized spacial score (nSPS) is 10.5. The Labute approximate surface area is 96.5 Å². The predicted octanol–water partition coefficient (Wildman–Crippen LogP) is 3.00. The molecule has 0 heterocycles. The van der Waals surface area contributed by atoms with Gasteiger partial charge in [0, 0.05) is 0 Å². The average Bonchev–Trinajstić information content (AvgIpc) is 2.25. The topological polar surface area (TPSA) is 18.5 Å². The summed E-state index contributed by atoms with van der Waals surface area (Å²) in [4.78, 5) is 0. The van der Waals surface area contributed by atoms with E-state index < -0.39 is 0 Å². The predicted molar refractivity (Wildman–Crippen MR) is 65.5 cm³/mol. The number of benzene rings is 1. The second-order valence-electron chi connectivity index (χ2n) is 3.63. The molecule has 0 amide bonds. The molecule has 0 aliphatic rings. The van der Waals surface area contributed by atoms with Gasteiger partial charge in [-0.3, -0.25) is 0 Å². The number of ether oxygens (including phenoxy) is 2. The van der Waals surface area contributed by atoms with Gasteiger partial charge < -0.3 is 0 Å². The van der Waals surface area contributed by atoms with Gasteiger partial charge >= 0.3 is 96.2 Å². The van der Waals surface area contributed by atoms with Gasteiger partial charge in [-0.15, -0.1) is 0 Å². The second-order valence-corrected chi connectivity index (χ2v) is 8.62. The van der Waals surface area contributed by atoms with E-state index in [2.05, 4.69) is 23.8 Å². The molecule has 84 valence electrons. The summed E-state index contributed by atoms with van der Waals surface area (Å²) in [5.74, 6) is 6.36. The molecule has 0 bridgehead atoms. The molecule has 0 aliphatic heterocycles. The van der Waals surface area contributed by atoms with Crippen LogP contribution in [0.3, 0.4) is 0 Å². The molecule has 15 heavy (non-hydrogen) atoms. The summed E-state index contributed by atoms with van der Waals surface area (Å²) in [6, 6.07) is 6.18. The quantitative estimate of drug-likeness (QED) is 0.768. The second kappa shape index (κ2) is 6.04. The fourth-order valence-corrected chi connectivity index (χ4v) is 2.71. The molecule has 0 unspecified atom stereocenters. The minimum atomic E-state index is -0.337. The zero-order valence-electron chi connectivity index (χ0n) is 9.87. The zero-order chi connectivity index (χ0) is 11.3. The van der Waals surface area contributed by atoms with Crippen molar-refractivity contribution in [3.05, 3.63) is 23.8 Å². The van der Waals surface area contributed by atoms with Gasteiger partial charge in [0.15, 0.2) is 0 Å². The Balaban J connectivity index is 2.74. The summed E-state index contributed by atoms with van der Waals surface area (Å²) in [5, 5.41) is 1.33. The Morgan fingerprint density at radius 3 is 2.27 bits per heavy atom. The van der Waals surface area contributed by atoms with Gasteiger partial charge in [-0.05, 0) is 0 Å². The molecule has 0 N–H and O–H groups in total. The first-order valence-electron chi connectivity index (χ1n) is 4.92. The molecule has 0 radical (unpaired) electrons. The third kappa shape index (κ3) is 3.77. The van der Waals surface area contributed by atoms with Crippen LogP contribution in [0.2, 0.25) is 17.0 Å². The average molecular weight is 274 g/mol. The maximum atomic E-state index is 5.27. The monoisotopic (exact) mass is 275 g/mol. The number of aryl methyl sites for hydroxylation is 1. The van der Waals surface area contributed by atoms with Crippen LogP contribution in [0.1, 0.15) is 5.56 Å². The van der Waals surface area contributed by atoms with Crippen LogP contribution in [-0.4, -0.2) is 28.1 Å². The molecule has 0 aromatic heterocycles. The molecule has 0 spiro atoms. The number of rotatable bonds is 5. The molecule has 1 aromatic carbocycles. The molecule has 0 atom stereocenters. The Morgan fingerprint density at radius 2 is 1.73 bits per heavy atom. The van der Waals surface area contributed by atoms with Crippen LogP contribution in [0, 0.1) is 0 Å². The number of methoxy groups -OCH3 is 2. The van der Waals surface area contributed by atoms with E-state index >= 15 is 0 Å². The van der Waals surface area contributed by atoms with Crippen molar-refractivity contribution in [1.29, 1.82) is 0 Å². The fraction of sp³-hybridized carbons (Fsp3) is 0.500. The molecular formula is C12H19O2Se+. The Hall–Kier alpha value is -0.661. The molecule has 0 fully saturated rings. The van der Waals surface area contributed by atoms with Gasteiger partial charge in [-0.2, -0.15) is 0 Å². The van der Waals surface area contributed by atoms with E-state index in [0.29, 0.717) is 0 Å². The third-order valence-electron chi connectivity index (χ3n) is 2.25. The molecular weight excluding hydrogens is 255 g/mol.